The summed E-state index contributed by atoms with van der Waals surface area (Å²) in [5.74, 6) is 0.318. The van der Waals surface area contributed by atoms with Gasteiger partial charge in [-0.05, 0) is 47.9 Å². The van der Waals surface area contributed by atoms with Gasteiger partial charge in [-0.3, -0.25) is 4.79 Å². The molecule has 0 saturated carbocycles. The summed E-state index contributed by atoms with van der Waals surface area (Å²) in [7, 11) is 1.60. The molecule has 0 fully saturated rings. The van der Waals surface area contributed by atoms with Crippen LogP contribution in [0.2, 0.25) is 0 Å². The number of nitrogens with one attached hydrogen (secondary N) is 1. The van der Waals surface area contributed by atoms with Gasteiger partial charge in [-0.15, -0.1) is 0 Å². The number of benzene rings is 3. The summed E-state index contributed by atoms with van der Waals surface area (Å²) in [4.78, 5) is 12.7. The Morgan fingerprint density at radius 2 is 1.56 bits per heavy atom. The molecule has 3 rings (SSSR count). The molecule has 3 aromatic carbocycles. The van der Waals surface area contributed by atoms with Crippen LogP contribution in [0.15, 0.2) is 66.7 Å². The Morgan fingerprint density at radius 3 is 2.22 bits per heavy atom. The van der Waals surface area contributed by atoms with Crippen molar-refractivity contribution in [3.8, 4) is 5.75 Å². The third-order valence-corrected chi connectivity index (χ3v) is 4.97. The van der Waals surface area contributed by atoms with Crippen LogP contribution < -0.4 is 10.1 Å². The van der Waals surface area contributed by atoms with E-state index in [0.717, 1.165) is 27.6 Å². The van der Waals surface area contributed by atoms with Gasteiger partial charge in [0.1, 0.15) is 5.75 Å². The second-order valence-corrected chi connectivity index (χ2v) is 6.84. The molecular weight excluding hydrogens is 338 g/mol. The number of aliphatic hydroxyl groups excluding tert-OH is 1. The average molecular weight is 363 g/mol. The molecule has 0 bridgehead atoms. The van der Waals surface area contributed by atoms with Gasteiger partial charge in [0.25, 0.3) is 0 Å². The highest BCUT2D eigenvalue weighted by atomic mass is 16.5. The van der Waals surface area contributed by atoms with Crippen LogP contribution in [0.25, 0.3) is 10.8 Å². The Bertz CT molecular complexity index is 920. The van der Waals surface area contributed by atoms with E-state index in [-0.39, 0.29) is 11.8 Å². The van der Waals surface area contributed by atoms with Crippen molar-refractivity contribution in [3.05, 3.63) is 77.9 Å². The molecule has 27 heavy (non-hydrogen) atoms. The fourth-order valence-electron chi connectivity index (χ4n) is 3.15. The topological polar surface area (TPSA) is 58.6 Å². The minimum atomic E-state index is -0.788. The highest BCUT2D eigenvalue weighted by Crippen LogP contribution is 2.24. The molecule has 0 heterocycles. The number of carbonyl (C=O) groups is 1. The first-order chi connectivity index (χ1) is 13.0. The molecule has 0 spiro atoms. The summed E-state index contributed by atoms with van der Waals surface area (Å²) >= 11 is 0. The van der Waals surface area contributed by atoms with Gasteiger partial charge in [-0.2, -0.15) is 0 Å². The first-order valence-electron chi connectivity index (χ1n) is 9.10. The fourth-order valence-corrected chi connectivity index (χ4v) is 3.15. The monoisotopic (exact) mass is 363 g/mol. The van der Waals surface area contributed by atoms with Crippen LogP contribution >= 0.6 is 0 Å². The smallest absolute Gasteiger partial charge is 0.227 e. The molecule has 0 aliphatic heterocycles. The minimum absolute atomic E-state index is 0.106. The van der Waals surface area contributed by atoms with Gasteiger partial charge in [0.05, 0.1) is 25.2 Å². The molecule has 0 aliphatic carbocycles. The van der Waals surface area contributed by atoms with E-state index < -0.39 is 12.1 Å². The Morgan fingerprint density at radius 1 is 0.926 bits per heavy atom. The Balaban J connectivity index is 1.68. The summed E-state index contributed by atoms with van der Waals surface area (Å²) in [6, 6.07) is 20.9. The van der Waals surface area contributed by atoms with Crippen molar-refractivity contribution in [1.29, 1.82) is 0 Å². The average Bonchev–Trinajstić information content (AvgIpc) is 2.72. The number of carbonyl (C=O) groups excluding carboxylic acids is 1. The van der Waals surface area contributed by atoms with Crippen LogP contribution in [-0.2, 0) is 4.79 Å². The zero-order chi connectivity index (χ0) is 19.4. The molecule has 3 unspecified atom stereocenters. The number of fused-ring (bicyclic) bond motifs is 1. The van der Waals surface area contributed by atoms with E-state index in [9.17, 15) is 9.90 Å². The maximum absolute atomic E-state index is 12.7. The number of hydrogen-bond acceptors (Lipinski definition) is 3. The fraction of sp³-hybridized carbons (Fsp3) is 0.261. The van der Waals surface area contributed by atoms with Crippen molar-refractivity contribution in [2.75, 3.05) is 7.11 Å². The number of methoxy groups -OCH3 is 1. The van der Waals surface area contributed by atoms with E-state index in [1.165, 1.54) is 0 Å². The van der Waals surface area contributed by atoms with Gasteiger partial charge in [0.15, 0.2) is 0 Å². The summed E-state index contributed by atoms with van der Waals surface area (Å²) in [5.41, 5.74) is 1.69. The van der Waals surface area contributed by atoms with Crippen molar-refractivity contribution in [3.63, 3.8) is 0 Å². The number of rotatable bonds is 6. The maximum Gasteiger partial charge on any atom is 0.227 e. The standard InChI is InChI=1S/C23H25NO3/c1-15(19-9-8-17-6-4-5-7-20(17)14-19)23(26)24-16(2)22(25)18-10-12-21(27-3)13-11-18/h4-16,22,25H,1-3H3,(H,24,26). The third kappa shape index (κ3) is 4.29. The first-order valence-corrected chi connectivity index (χ1v) is 9.10. The highest BCUT2D eigenvalue weighted by Gasteiger charge is 2.22. The molecule has 4 nitrogen and oxygen atoms in total. The van der Waals surface area contributed by atoms with Gasteiger partial charge < -0.3 is 15.2 Å². The van der Waals surface area contributed by atoms with E-state index in [0.29, 0.717) is 0 Å². The van der Waals surface area contributed by atoms with Gasteiger partial charge in [0, 0.05) is 0 Å². The summed E-state index contributed by atoms with van der Waals surface area (Å²) in [6.45, 7) is 3.69. The molecule has 1 amide bonds. The number of aliphatic hydroxyl groups is 1. The largest absolute Gasteiger partial charge is 0.497 e. The maximum atomic E-state index is 12.7. The second kappa shape index (κ2) is 8.23. The Labute approximate surface area is 159 Å². The minimum Gasteiger partial charge on any atom is -0.497 e. The summed E-state index contributed by atoms with van der Waals surface area (Å²) in [5, 5.41) is 15.7. The summed E-state index contributed by atoms with van der Waals surface area (Å²) in [6.07, 6.45) is -0.788. The normalized spacial score (nSPS) is 14.4. The van der Waals surface area contributed by atoms with Crippen molar-refractivity contribution >= 4 is 16.7 Å². The lowest BCUT2D eigenvalue weighted by atomic mass is 9.96. The lowest BCUT2D eigenvalue weighted by Gasteiger charge is -2.23. The Kier molecular flexibility index (Phi) is 5.77. The van der Waals surface area contributed by atoms with Crippen molar-refractivity contribution in [2.45, 2.75) is 31.9 Å². The van der Waals surface area contributed by atoms with E-state index >= 15 is 0 Å². The zero-order valence-electron chi connectivity index (χ0n) is 15.8. The SMILES string of the molecule is COc1ccc(C(O)C(C)NC(=O)C(C)c2ccc3ccccc3c2)cc1. The molecule has 3 atom stereocenters. The number of amides is 1. The molecule has 0 aromatic heterocycles. The van der Waals surface area contributed by atoms with Crippen LogP contribution in [0.4, 0.5) is 0 Å². The zero-order valence-corrected chi connectivity index (χ0v) is 15.8. The predicted molar refractivity (Wildman–Crippen MR) is 108 cm³/mol. The van der Waals surface area contributed by atoms with E-state index in [1.807, 2.05) is 43.3 Å². The number of ether oxygens (including phenoxy) is 1. The van der Waals surface area contributed by atoms with E-state index in [1.54, 1.807) is 38.3 Å². The lowest BCUT2D eigenvalue weighted by Crippen LogP contribution is -2.39. The molecule has 2 N–H and O–H groups in total. The van der Waals surface area contributed by atoms with Crippen molar-refractivity contribution in [2.24, 2.45) is 0 Å². The van der Waals surface area contributed by atoms with E-state index in [4.69, 9.17) is 4.74 Å². The van der Waals surface area contributed by atoms with Crippen molar-refractivity contribution < 1.29 is 14.6 Å². The quantitative estimate of drug-likeness (QED) is 0.690. The molecule has 0 saturated heterocycles. The van der Waals surface area contributed by atoms with Crippen LogP contribution in [-0.4, -0.2) is 24.2 Å². The highest BCUT2D eigenvalue weighted by molar-refractivity contribution is 5.87. The molecule has 3 aromatic rings. The van der Waals surface area contributed by atoms with E-state index in [2.05, 4.69) is 11.4 Å². The first kappa shape index (κ1) is 18.9. The van der Waals surface area contributed by atoms with Gasteiger partial charge in [-0.25, -0.2) is 0 Å². The van der Waals surface area contributed by atoms with Gasteiger partial charge in [-0.1, -0.05) is 54.6 Å². The van der Waals surface area contributed by atoms with Crippen molar-refractivity contribution in [1.82, 2.24) is 5.32 Å². The molecular formula is C23H25NO3. The van der Waals surface area contributed by atoms with Crippen LogP contribution in [0.3, 0.4) is 0 Å². The molecule has 140 valence electrons. The predicted octanol–water partition coefficient (Wildman–Crippen LogP) is 4.19. The van der Waals surface area contributed by atoms with Crippen LogP contribution in [0.5, 0.6) is 5.75 Å². The van der Waals surface area contributed by atoms with Gasteiger partial charge in [0.2, 0.25) is 5.91 Å². The lowest BCUT2D eigenvalue weighted by molar-refractivity contribution is -0.123. The van der Waals surface area contributed by atoms with Crippen LogP contribution in [0.1, 0.15) is 37.0 Å². The number of hydrogen-bond donors (Lipinski definition) is 2. The van der Waals surface area contributed by atoms with Crippen LogP contribution in [0, 0.1) is 0 Å². The molecule has 4 heteroatoms. The van der Waals surface area contributed by atoms with Gasteiger partial charge >= 0.3 is 0 Å². The molecule has 0 radical (unpaired) electrons. The second-order valence-electron chi connectivity index (χ2n) is 6.84. The third-order valence-electron chi connectivity index (χ3n) is 4.97. The molecule has 0 aliphatic rings. The Hall–Kier alpha value is -2.85. The summed E-state index contributed by atoms with van der Waals surface area (Å²) < 4.78 is 5.13.